The first-order valence-electron chi connectivity index (χ1n) is 10.5. The largest absolute Gasteiger partial charge is 0.284 e. The number of hydrazine groups is 1. The van der Waals surface area contributed by atoms with Gasteiger partial charge >= 0.3 is 0 Å². The molecular weight excluding hydrogens is 464 g/mol. The first-order chi connectivity index (χ1) is 14.5. The molecule has 4 rings (SSSR count). The number of carbonyl (C=O) groups excluding carboxylic acids is 1. The Hall–Kier alpha value is -1.89. The van der Waals surface area contributed by atoms with E-state index in [1.165, 1.54) is 12.8 Å². The van der Waals surface area contributed by atoms with E-state index in [1.807, 2.05) is 46.4 Å². The van der Waals surface area contributed by atoms with Crippen LogP contribution in [0.15, 0.2) is 58.1 Å². The number of hydrazone groups is 1. The molecule has 2 aromatic carbocycles. The second-order valence-electron chi connectivity index (χ2n) is 7.91. The van der Waals surface area contributed by atoms with E-state index in [9.17, 15) is 4.79 Å². The molecule has 2 aromatic rings. The Morgan fingerprint density at radius 1 is 1.07 bits per heavy atom. The zero-order valence-corrected chi connectivity index (χ0v) is 19.4. The molecule has 158 valence electrons. The van der Waals surface area contributed by atoms with Crippen molar-refractivity contribution in [2.24, 2.45) is 11.0 Å². The minimum atomic E-state index is -0.124. The van der Waals surface area contributed by atoms with Gasteiger partial charge in [-0.3, -0.25) is 15.2 Å². The van der Waals surface area contributed by atoms with Crippen molar-refractivity contribution in [3.63, 3.8) is 0 Å². The monoisotopic (exact) mass is 488 g/mol. The Balaban J connectivity index is 1.65. The SMILES string of the molecule is C[C@@H]1C(C(=O)NN2CCCCCC2)=NN(c2ccccc2Cl)[C@@H]1c1ccc(Br)cc1. The van der Waals surface area contributed by atoms with Crippen molar-refractivity contribution in [1.82, 2.24) is 10.4 Å². The molecule has 1 fully saturated rings. The molecule has 0 bridgehead atoms. The van der Waals surface area contributed by atoms with Gasteiger partial charge in [-0.2, -0.15) is 5.10 Å². The number of nitrogens with zero attached hydrogens (tertiary/aromatic N) is 3. The van der Waals surface area contributed by atoms with Gasteiger partial charge in [-0.05, 0) is 42.7 Å². The van der Waals surface area contributed by atoms with E-state index in [4.69, 9.17) is 16.7 Å². The van der Waals surface area contributed by atoms with E-state index in [-0.39, 0.29) is 17.9 Å². The van der Waals surface area contributed by atoms with Gasteiger partial charge in [0.2, 0.25) is 0 Å². The molecule has 1 saturated heterocycles. The smallest absolute Gasteiger partial charge is 0.282 e. The van der Waals surface area contributed by atoms with Crippen molar-refractivity contribution in [3.05, 3.63) is 63.6 Å². The van der Waals surface area contributed by atoms with Crippen LogP contribution in [0.3, 0.4) is 0 Å². The third-order valence-corrected chi connectivity index (χ3v) is 6.64. The molecule has 0 spiro atoms. The lowest BCUT2D eigenvalue weighted by atomic mass is 9.91. The lowest BCUT2D eigenvalue weighted by Crippen LogP contribution is -2.46. The topological polar surface area (TPSA) is 47.9 Å². The molecule has 5 nitrogen and oxygen atoms in total. The zero-order valence-electron chi connectivity index (χ0n) is 17.0. The zero-order chi connectivity index (χ0) is 21.1. The lowest BCUT2D eigenvalue weighted by molar-refractivity contribution is -0.119. The number of benzene rings is 2. The first kappa shape index (κ1) is 21.3. The predicted molar refractivity (Wildman–Crippen MR) is 126 cm³/mol. The second-order valence-corrected chi connectivity index (χ2v) is 9.23. The van der Waals surface area contributed by atoms with Gasteiger partial charge in [0.1, 0.15) is 5.71 Å². The van der Waals surface area contributed by atoms with Gasteiger partial charge in [-0.15, -0.1) is 0 Å². The van der Waals surface area contributed by atoms with Gasteiger partial charge < -0.3 is 0 Å². The van der Waals surface area contributed by atoms with Crippen LogP contribution < -0.4 is 10.4 Å². The van der Waals surface area contributed by atoms with Crippen molar-refractivity contribution in [2.45, 2.75) is 38.6 Å². The number of para-hydroxylation sites is 1. The van der Waals surface area contributed by atoms with Crippen LogP contribution in [-0.4, -0.2) is 29.7 Å². The van der Waals surface area contributed by atoms with E-state index in [2.05, 4.69) is 40.4 Å². The molecule has 0 unspecified atom stereocenters. The normalized spacial score (nSPS) is 22.5. The number of anilines is 1. The first-order valence-corrected chi connectivity index (χ1v) is 11.7. The van der Waals surface area contributed by atoms with Gasteiger partial charge in [0, 0.05) is 23.5 Å². The van der Waals surface area contributed by atoms with Crippen LogP contribution in [0, 0.1) is 5.92 Å². The Kier molecular flexibility index (Phi) is 6.76. The fourth-order valence-electron chi connectivity index (χ4n) is 4.20. The number of amides is 1. The summed E-state index contributed by atoms with van der Waals surface area (Å²) in [6.07, 6.45) is 4.65. The Morgan fingerprint density at radius 2 is 1.73 bits per heavy atom. The summed E-state index contributed by atoms with van der Waals surface area (Å²) in [5, 5.41) is 9.34. The number of rotatable bonds is 4. The molecule has 0 radical (unpaired) electrons. The Bertz CT molecular complexity index is 925. The highest BCUT2D eigenvalue weighted by Crippen LogP contribution is 2.41. The van der Waals surface area contributed by atoms with Crippen LogP contribution in [0.25, 0.3) is 0 Å². The molecule has 2 aliphatic rings. The molecule has 0 aliphatic carbocycles. The van der Waals surface area contributed by atoms with E-state index in [1.54, 1.807) is 0 Å². The highest BCUT2D eigenvalue weighted by molar-refractivity contribution is 9.10. The van der Waals surface area contributed by atoms with Gasteiger partial charge in [-0.1, -0.05) is 71.6 Å². The number of carbonyl (C=O) groups is 1. The summed E-state index contributed by atoms with van der Waals surface area (Å²) >= 11 is 10.0. The van der Waals surface area contributed by atoms with Crippen LogP contribution in [0.2, 0.25) is 5.02 Å². The van der Waals surface area contributed by atoms with E-state index in [0.29, 0.717) is 10.7 Å². The lowest BCUT2D eigenvalue weighted by Gasteiger charge is -2.27. The minimum Gasteiger partial charge on any atom is -0.284 e. The third-order valence-electron chi connectivity index (χ3n) is 5.79. The molecule has 2 heterocycles. The number of nitrogens with one attached hydrogen (secondary N) is 1. The minimum absolute atomic E-state index is 0.0885. The maximum absolute atomic E-state index is 13.2. The average molecular weight is 490 g/mol. The summed E-state index contributed by atoms with van der Waals surface area (Å²) < 4.78 is 1.02. The summed E-state index contributed by atoms with van der Waals surface area (Å²) in [6.45, 7) is 3.83. The quantitative estimate of drug-likeness (QED) is 0.611. The third kappa shape index (κ3) is 4.56. The Labute approximate surface area is 191 Å². The highest BCUT2D eigenvalue weighted by atomic mass is 79.9. The van der Waals surface area contributed by atoms with Gasteiger partial charge in [0.15, 0.2) is 0 Å². The molecule has 2 aliphatic heterocycles. The van der Waals surface area contributed by atoms with E-state index in [0.717, 1.165) is 41.7 Å². The van der Waals surface area contributed by atoms with Crippen LogP contribution in [0.5, 0.6) is 0 Å². The molecule has 7 heteroatoms. The van der Waals surface area contributed by atoms with Gasteiger partial charge in [0.05, 0.1) is 16.8 Å². The Morgan fingerprint density at radius 3 is 2.40 bits per heavy atom. The standard InChI is InChI=1S/C23H26BrClN4O/c1-16-21(23(30)27-28-14-6-2-3-7-15-28)26-29(20-9-5-4-8-19(20)25)22(16)17-10-12-18(24)13-11-17/h4-5,8-13,16,22H,2-3,6-7,14-15H2,1H3,(H,27,30)/t16-,22+/m1/s1. The molecule has 2 atom stereocenters. The molecule has 0 aromatic heterocycles. The average Bonchev–Trinajstić information content (AvgIpc) is 2.89. The van der Waals surface area contributed by atoms with Crippen molar-refractivity contribution >= 4 is 44.8 Å². The fraction of sp³-hybridized carbons (Fsp3) is 0.391. The molecule has 1 N–H and O–H groups in total. The van der Waals surface area contributed by atoms with Crippen molar-refractivity contribution < 1.29 is 4.79 Å². The number of halogens is 2. The summed E-state index contributed by atoms with van der Waals surface area (Å²) in [5.74, 6) is -0.213. The summed E-state index contributed by atoms with van der Waals surface area (Å²) in [7, 11) is 0. The maximum Gasteiger partial charge on any atom is 0.282 e. The van der Waals surface area contributed by atoms with E-state index < -0.39 is 0 Å². The van der Waals surface area contributed by atoms with Crippen molar-refractivity contribution in [3.8, 4) is 0 Å². The fourth-order valence-corrected chi connectivity index (χ4v) is 4.68. The van der Waals surface area contributed by atoms with Crippen LogP contribution in [-0.2, 0) is 4.79 Å². The summed E-state index contributed by atoms with van der Waals surface area (Å²) in [5.41, 5.74) is 5.52. The van der Waals surface area contributed by atoms with Crippen LogP contribution in [0.1, 0.15) is 44.2 Å². The highest BCUT2D eigenvalue weighted by Gasteiger charge is 2.40. The predicted octanol–water partition coefficient (Wildman–Crippen LogP) is 5.56. The maximum atomic E-state index is 13.2. The second kappa shape index (κ2) is 9.50. The van der Waals surface area contributed by atoms with Gasteiger partial charge in [0.25, 0.3) is 5.91 Å². The van der Waals surface area contributed by atoms with Crippen molar-refractivity contribution in [2.75, 3.05) is 18.1 Å². The molecule has 1 amide bonds. The van der Waals surface area contributed by atoms with Crippen molar-refractivity contribution in [1.29, 1.82) is 0 Å². The number of hydrogen-bond acceptors (Lipinski definition) is 4. The molecule has 0 saturated carbocycles. The van der Waals surface area contributed by atoms with Crippen LogP contribution >= 0.6 is 27.5 Å². The number of hydrogen-bond donors (Lipinski definition) is 1. The summed E-state index contributed by atoms with van der Waals surface area (Å²) in [6, 6.07) is 15.7. The van der Waals surface area contributed by atoms with Crippen LogP contribution in [0.4, 0.5) is 5.69 Å². The van der Waals surface area contributed by atoms with Gasteiger partial charge in [-0.25, -0.2) is 5.01 Å². The summed E-state index contributed by atoms with van der Waals surface area (Å²) in [4.78, 5) is 13.2. The molecular formula is C23H26BrClN4O. The van der Waals surface area contributed by atoms with E-state index >= 15 is 0 Å². The molecule has 30 heavy (non-hydrogen) atoms.